The fourth-order valence-electron chi connectivity index (χ4n) is 3.07. The number of nitrogens with zero attached hydrogens (tertiary/aromatic N) is 3. The van der Waals surface area contributed by atoms with Crippen LogP contribution in [0, 0.1) is 12.7 Å². The van der Waals surface area contributed by atoms with Gasteiger partial charge in [-0.2, -0.15) is 0 Å². The molecule has 0 radical (unpaired) electrons. The van der Waals surface area contributed by atoms with Crippen LogP contribution in [0.25, 0.3) is 11.3 Å². The molecule has 0 unspecified atom stereocenters. The SMILES string of the molecule is Cc1cc(NC(=O)CN2CCc3onc(-c4cccc(F)c4)c3C2)no1. The van der Waals surface area contributed by atoms with Crippen molar-refractivity contribution >= 4 is 11.7 Å². The lowest BCUT2D eigenvalue weighted by atomic mass is 10.0. The van der Waals surface area contributed by atoms with Crippen molar-refractivity contribution in [3.05, 3.63) is 53.2 Å². The van der Waals surface area contributed by atoms with Gasteiger partial charge in [-0.3, -0.25) is 9.69 Å². The van der Waals surface area contributed by atoms with Crippen LogP contribution < -0.4 is 5.32 Å². The van der Waals surface area contributed by atoms with E-state index in [1.54, 1.807) is 25.1 Å². The van der Waals surface area contributed by atoms with E-state index in [2.05, 4.69) is 15.6 Å². The molecule has 0 spiro atoms. The van der Waals surface area contributed by atoms with Crippen LogP contribution in [0.15, 0.2) is 39.4 Å². The van der Waals surface area contributed by atoms with Gasteiger partial charge in [-0.25, -0.2) is 4.39 Å². The molecule has 3 heterocycles. The van der Waals surface area contributed by atoms with Crippen LogP contribution >= 0.6 is 0 Å². The first-order chi connectivity index (χ1) is 12.6. The van der Waals surface area contributed by atoms with Gasteiger partial charge in [0.1, 0.15) is 23.0 Å². The van der Waals surface area contributed by atoms with Crippen LogP contribution in [0.1, 0.15) is 17.1 Å². The number of carbonyl (C=O) groups excluding carboxylic acids is 1. The number of aryl methyl sites for hydroxylation is 1. The van der Waals surface area contributed by atoms with E-state index in [0.29, 0.717) is 42.3 Å². The Hall–Kier alpha value is -3.00. The molecule has 1 aliphatic rings. The van der Waals surface area contributed by atoms with Crippen molar-refractivity contribution in [3.63, 3.8) is 0 Å². The summed E-state index contributed by atoms with van der Waals surface area (Å²) in [4.78, 5) is 14.2. The third-order valence-corrected chi connectivity index (χ3v) is 4.27. The monoisotopic (exact) mass is 356 g/mol. The number of amides is 1. The fraction of sp³-hybridized carbons (Fsp3) is 0.278. The number of anilines is 1. The summed E-state index contributed by atoms with van der Waals surface area (Å²) in [5.41, 5.74) is 2.18. The van der Waals surface area contributed by atoms with Gasteiger partial charge >= 0.3 is 0 Å². The third-order valence-electron chi connectivity index (χ3n) is 4.27. The highest BCUT2D eigenvalue weighted by molar-refractivity contribution is 5.91. The van der Waals surface area contributed by atoms with Gasteiger partial charge < -0.3 is 14.4 Å². The van der Waals surface area contributed by atoms with Crippen molar-refractivity contribution in [1.82, 2.24) is 15.2 Å². The molecule has 0 aliphatic carbocycles. The number of hydrogen-bond donors (Lipinski definition) is 1. The first-order valence-electron chi connectivity index (χ1n) is 8.27. The van der Waals surface area contributed by atoms with E-state index < -0.39 is 0 Å². The maximum absolute atomic E-state index is 13.5. The average molecular weight is 356 g/mol. The minimum atomic E-state index is -0.325. The predicted molar refractivity (Wildman–Crippen MR) is 90.7 cm³/mol. The van der Waals surface area contributed by atoms with Gasteiger partial charge in [0.05, 0.1) is 6.54 Å². The number of nitrogens with one attached hydrogen (secondary N) is 1. The number of rotatable bonds is 4. The van der Waals surface area contributed by atoms with E-state index in [9.17, 15) is 9.18 Å². The molecule has 8 heteroatoms. The van der Waals surface area contributed by atoms with E-state index in [1.807, 2.05) is 4.90 Å². The van der Waals surface area contributed by atoms with Crippen molar-refractivity contribution < 1.29 is 18.2 Å². The van der Waals surface area contributed by atoms with Crippen LogP contribution in [0.3, 0.4) is 0 Å². The third kappa shape index (κ3) is 3.36. The molecule has 1 aromatic carbocycles. The van der Waals surface area contributed by atoms with Gasteiger partial charge in [-0.1, -0.05) is 22.4 Å². The Kier molecular flexibility index (Phi) is 4.26. The molecule has 0 atom stereocenters. The van der Waals surface area contributed by atoms with Crippen LogP contribution in [-0.2, 0) is 17.8 Å². The van der Waals surface area contributed by atoms with Gasteiger partial charge in [0.2, 0.25) is 5.91 Å². The second-order valence-corrected chi connectivity index (χ2v) is 6.27. The van der Waals surface area contributed by atoms with Crippen molar-refractivity contribution in [2.24, 2.45) is 0 Å². The standard InChI is InChI=1S/C18H17FN4O3/c1-11-7-16(21-25-11)20-17(24)10-23-6-5-15-14(9-23)18(22-26-15)12-3-2-4-13(19)8-12/h2-4,7-8H,5-6,9-10H2,1H3,(H,20,21,24). The Morgan fingerprint density at radius 1 is 1.31 bits per heavy atom. The Labute approximate surface area is 148 Å². The quantitative estimate of drug-likeness (QED) is 0.774. The Balaban J connectivity index is 1.47. The van der Waals surface area contributed by atoms with Crippen LogP contribution in [0.2, 0.25) is 0 Å². The van der Waals surface area contributed by atoms with Crippen molar-refractivity contribution in [1.29, 1.82) is 0 Å². The molecule has 7 nitrogen and oxygen atoms in total. The highest BCUT2D eigenvalue weighted by Crippen LogP contribution is 2.30. The molecular weight excluding hydrogens is 339 g/mol. The summed E-state index contributed by atoms with van der Waals surface area (Å²) < 4.78 is 23.9. The van der Waals surface area contributed by atoms with Crippen LogP contribution in [-0.4, -0.2) is 34.2 Å². The lowest BCUT2D eigenvalue weighted by Crippen LogP contribution is -2.37. The van der Waals surface area contributed by atoms with E-state index >= 15 is 0 Å². The summed E-state index contributed by atoms with van der Waals surface area (Å²) in [5.74, 6) is 1.32. The lowest BCUT2D eigenvalue weighted by Gasteiger charge is -2.25. The maximum Gasteiger partial charge on any atom is 0.239 e. The normalized spacial score (nSPS) is 14.2. The second-order valence-electron chi connectivity index (χ2n) is 6.27. The predicted octanol–water partition coefficient (Wildman–Crippen LogP) is 2.77. The number of benzene rings is 1. The number of aromatic nitrogens is 2. The Morgan fingerprint density at radius 3 is 2.96 bits per heavy atom. The van der Waals surface area contributed by atoms with Gasteiger partial charge in [0.15, 0.2) is 5.82 Å². The zero-order valence-electron chi connectivity index (χ0n) is 14.2. The number of carbonyl (C=O) groups is 1. The largest absolute Gasteiger partial charge is 0.360 e. The van der Waals surface area contributed by atoms with Crippen molar-refractivity contribution in [2.75, 3.05) is 18.4 Å². The van der Waals surface area contributed by atoms with E-state index in [1.165, 1.54) is 12.1 Å². The minimum absolute atomic E-state index is 0.175. The molecule has 0 fully saturated rings. The molecule has 4 rings (SSSR count). The highest BCUT2D eigenvalue weighted by Gasteiger charge is 2.26. The van der Waals surface area contributed by atoms with E-state index in [4.69, 9.17) is 9.05 Å². The molecule has 1 aliphatic heterocycles. The van der Waals surface area contributed by atoms with Gasteiger partial charge in [0, 0.05) is 36.7 Å². The molecule has 3 aromatic rings. The van der Waals surface area contributed by atoms with Gasteiger partial charge in [-0.05, 0) is 19.1 Å². The summed E-state index contributed by atoms with van der Waals surface area (Å²) in [5, 5.41) is 10.6. The summed E-state index contributed by atoms with van der Waals surface area (Å²) >= 11 is 0. The fourth-order valence-corrected chi connectivity index (χ4v) is 3.07. The topological polar surface area (TPSA) is 84.4 Å². The van der Waals surface area contributed by atoms with Crippen LogP contribution in [0.4, 0.5) is 10.2 Å². The molecular formula is C18H17FN4O3. The summed E-state index contributed by atoms with van der Waals surface area (Å²) in [7, 11) is 0. The zero-order chi connectivity index (χ0) is 18.1. The zero-order valence-corrected chi connectivity index (χ0v) is 14.2. The average Bonchev–Trinajstić information content (AvgIpc) is 3.20. The van der Waals surface area contributed by atoms with Crippen molar-refractivity contribution in [2.45, 2.75) is 19.9 Å². The summed E-state index contributed by atoms with van der Waals surface area (Å²) in [6, 6.07) is 7.91. The Morgan fingerprint density at radius 2 is 2.19 bits per heavy atom. The summed E-state index contributed by atoms with van der Waals surface area (Å²) in [6.07, 6.45) is 0.647. The maximum atomic E-state index is 13.5. The number of hydrogen-bond acceptors (Lipinski definition) is 6. The van der Waals surface area contributed by atoms with Crippen LogP contribution in [0.5, 0.6) is 0 Å². The van der Waals surface area contributed by atoms with E-state index in [-0.39, 0.29) is 18.3 Å². The summed E-state index contributed by atoms with van der Waals surface area (Å²) in [6.45, 7) is 3.15. The highest BCUT2D eigenvalue weighted by atomic mass is 19.1. The Bertz CT molecular complexity index is 950. The molecule has 134 valence electrons. The number of halogens is 1. The minimum Gasteiger partial charge on any atom is -0.360 e. The first kappa shape index (κ1) is 16.5. The molecule has 1 amide bonds. The van der Waals surface area contributed by atoms with Gasteiger partial charge in [0.25, 0.3) is 0 Å². The van der Waals surface area contributed by atoms with Gasteiger partial charge in [-0.15, -0.1) is 0 Å². The number of fused-ring (bicyclic) bond motifs is 1. The van der Waals surface area contributed by atoms with Crippen molar-refractivity contribution in [3.8, 4) is 11.3 Å². The molecule has 2 aromatic heterocycles. The second kappa shape index (κ2) is 6.72. The lowest BCUT2D eigenvalue weighted by molar-refractivity contribution is -0.117. The van der Waals surface area contributed by atoms with E-state index in [0.717, 1.165) is 11.3 Å². The molecule has 0 saturated heterocycles. The smallest absolute Gasteiger partial charge is 0.239 e. The molecule has 1 N–H and O–H groups in total. The first-order valence-corrected chi connectivity index (χ1v) is 8.27. The molecule has 0 bridgehead atoms. The molecule has 0 saturated carbocycles. The molecule has 26 heavy (non-hydrogen) atoms.